The highest BCUT2D eigenvalue weighted by Crippen LogP contribution is 2.53. The van der Waals surface area contributed by atoms with Gasteiger partial charge in [0.1, 0.15) is 5.75 Å². The van der Waals surface area contributed by atoms with Crippen LogP contribution < -0.4 is 15.4 Å². The maximum atomic E-state index is 12.7. The van der Waals surface area contributed by atoms with Crippen LogP contribution in [0.2, 0.25) is 0 Å². The lowest BCUT2D eigenvalue weighted by molar-refractivity contribution is -0.119. The van der Waals surface area contributed by atoms with Gasteiger partial charge in [-0.15, -0.1) is 0 Å². The molecule has 1 unspecified atom stereocenters. The molecule has 0 aromatic heterocycles. The van der Waals surface area contributed by atoms with Crippen molar-refractivity contribution in [1.29, 1.82) is 0 Å². The number of nitrogens with zero attached hydrogens (tertiary/aromatic N) is 1. The van der Waals surface area contributed by atoms with E-state index in [0.29, 0.717) is 19.5 Å². The van der Waals surface area contributed by atoms with Gasteiger partial charge in [0.05, 0.1) is 12.6 Å². The van der Waals surface area contributed by atoms with Crippen molar-refractivity contribution < 1.29 is 14.3 Å². The minimum atomic E-state index is -0.328. The van der Waals surface area contributed by atoms with Gasteiger partial charge in [0.2, 0.25) is 5.91 Å². The van der Waals surface area contributed by atoms with Crippen molar-refractivity contribution >= 4 is 11.9 Å². The summed E-state index contributed by atoms with van der Waals surface area (Å²) in [5.41, 5.74) is 2.32. The zero-order valence-electron chi connectivity index (χ0n) is 14.9. The fraction of sp³-hybridized carbons (Fsp3) is 0.579. The maximum absolute atomic E-state index is 12.7. The van der Waals surface area contributed by atoms with Crippen molar-refractivity contribution in [3.05, 3.63) is 29.3 Å². The van der Waals surface area contributed by atoms with Gasteiger partial charge in [-0.25, -0.2) is 4.79 Å². The topological polar surface area (TPSA) is 70.7 Å². The van der Waals surface area contributed by atoms with E-state index in [4.69, 9.17) is 4.74 Å². The van der Waals surface area contributed by atoms with Crippen LogP contribution >= 0.6 is 0 Å². The number of hydrogen-bond acceptors (Lipinski definition) is 3. The molecule has 6 nitrogen and oxygen atoms in total. The van der Waals surface area contributed by atoms with Crippen molar-refractivity contribution in [2.24, 2.45) is 0 Å². The van der Waals surface area contributed by atoms with Crippen molar-refractivity contribution in [2.45, 2.75) is 50.1 Å². The lowest BCUT2D eigenvalue weighted by atomic mass is 9.87. The van der Waals surface area contributed by atoms with Gasteiger partial charge in [-0.05, 0) is 49.4 Å². The van der Waals surface area contributed by atoms with Crippen LogP contribution in [-0.4, -0.2) is 42.6 Å². The Balaban J connectivity index is 1.45. The number of carbonyl (C=O) groups is 2. The summed E-state index contributed by atoms with van der Waals surface area (Å²) in [6.45, 7) is 3.83. The number of nitrogens with one attached hydrogen (secondary N) is 2. The van der Waals surface area contributed by atoms with Gasteiger partial charge in [0.25, 0.3) is 0 Å². The molecule has 134 valence electrons. The minimum absolute atomic E-state index is 0.0462. The highest BCUT2D eigenvalue weighted by atomic mass is 16.5. The van der Waals surface area contributed by atoms with Gasteiger partial charge in [-0.1, -0.05) is 6.07 Å². The molecule has 2 fully saturated rings. The molecule has 2 aliphatic heterocycles. The Morgan fingerprint density at radius 3 is 2.80 bits per heavy atom. The Morgan fingerprint density at radius 1 is 1.36 bits per heavy atom. The van der Waals surface area contributed by atoms with E-state index in [1.54, 1.807) is 7.11 Å². The number of amides is 3. The molecule has 0 bridgehead atoms. The Morgan fingerprint density at radius 2 is 2.16 bits per heavy atom. The molecule has 2 heterocycles. The number of ether oxygens (including phenoxy) is 1. The van der Waals surface area contributed by atoms with Crippen LogP contribution in [0, 0.1) is 0 Å². The molecule has 2 N–H and O–H groups in total. The molecule has 3 amide bonds. The summed E-state index contributed by atoms with van der Waals surface area (Å²) in [6, 6.07) is 6.12. The van der Waals surface area contributed by atoms with Crippen molar-refractivity contribution in [2.75, 3.05) is 20.2 Å². The molecule has 1 aromatic rings. The summed E-state index contributed by atoms with van der Waals surface area (Å²) in [5, 5.41) is 5.98. The summed E-state index contributed by atoms with van der Waals surface area (Å²) in [7, 11) is 1.69. The molecule has 1 saturated heterocycles. The molecule has 25 heavy (non-hydrogen) atoms. The highest BCUT2D eigenvalue weighted by molar-refractivity contribution is 5.80. The molecule has 1 aromatic carbocycles. The average Bonchev–Trinajstić information content (AvgIpc) is 3.29. The first kappa shape index (κ1) is 16.2. The van der Waals surface area contributed by atoms with E-state index in [1.165, 1.54) is 11.1 Å². The Labute approximate surface area is 147 Å². The van der Waals surface area contributed by atoms with E-state index in [-0.39, 0.29) is 22.9 Å². The number of rotatable bonds is 3. The zero-order chi connectivity index (χ0) is 17.7. The normalized spacial score (nSPS) is 26.2. The van der Waals surface area contributed by atoms with Crippen molar-refractivity contribution in [3.8, 4) is 5.75 Å². The van der Waals surface area contributed by atoms with Crippen LogP contribution in [-0.2, 0) is 16.8 Å². The third-order valence-electron chi connectivity index (χ3n) is 5.86. The lowest BCUT2D eigenvalue weighted by Gasteiger charge is -2.36. The molecular formula is C19H25N3O3. The minimum Gasteiger partial charge on any atom is -0.497 e. The number of methoxy groups -OCH3 is 1. The van der Waals surface area contributed by atoms with Crippen molar-refractivity contribution in [1.82, 2.24) is 15.5 Å². The second-order valence-corrected chi connectivity index (χ2v) is 7.93. The van der Waals surface area contributed by atoms with Crippen LogP contribution in [0.1, 0.15) is 43.7 Å². The average molecular weight is 343 g/mol. The van der Waals surface area contributed by atoms with E-state index in [2.05, 4.69) is 22.8 Å². The molecule has 6 heteroatoms. The predicted molar refractivity (Wildman–Crippen MR) is 93.5 cm³/mol. The Bertz CT molecular complexity index is 729. The van der Waals surface area contributed by atoms with Crippen molar-refractivity contribution in [3.63, 3.8) is 0 Å². The van der Waals surface area contributed by atoms with E-state index in [0.717, 1.165) is 31.6 Å². The van der Waals surface area contributed by atoms with Gasteiger partial charge in [0, 0.05) is 31.5 Å². The van der Waals surface area contributed by atoms with Gasteiger partial charge < -0.3 is 20.3 Å². The van der Waals surface area contributed by atoms with Crippen LogP contribution in [0.25, 0.3) is 0 Å². The van der Waals surface area contributed by atoms with Crippen LogP contribution in [0.15, 0.2) is 18.2 Å². The number of hydrogen-bond donors (Lipinski definition) is 2. The second kappa shape index (κ2) is 5.64. The molecule has 1 spiro atoms. The number of benzene rings is 1. The molecule has 1 saturated carbocycles. The predicted octanol–water partition coefficient (Wildman–Crippen LogP) is 1.92. The van der Waals surface area contributed by atoms with Crippen LogP contribution in [0.5, 0.6) is 5.75 Å². The Hall–Kier alpha value is -2.24. The lowest BCUT2D eigenvalue weighted by Crippen LogP contribution is -2.53. The highest BCUT2D eigenvalue weighted by Gasteiger charge is 2.50. The molecule has 0 radical (unpaired) electrons. The fourth-order valence-corrected chi connectivity index (χ4v) is 4.11. The number of carbonyl (C=O) groups excluding carboxylic acids is 2. The first-order valence-electron chi connectivity index (χ1n) is 8.94. The first-order valence-corrected chi connectivity index (χ1v) is 8.94. The number of fused-ring (bicyclic) bond motifs is 2. The second-order valence-electron chi connectivity index (χ2n) is 7.93. The van der Waals surface area contributed by atoms with Gasteiger partial charge in [-0.3, -0.25) is 4.79 Å². The monoisotopic (exact) mass is 343 g/mol. The maximum Gasteiger partial charge on any atom is 0.317 e. The fourth-order valence-electron chi connectivity index (χ4n) is 4.11. The number of urea groups is 1. The summed E-state index contributed by atoms with van der Waals surface area (Å²) in [6.07, 6.45) is 3.53. The summed E-state index contributed by atoms with van der Waals surface area (Å²) in [4.78, 5) is 26.1. The summed E-state index contributed by atoms with van der Waals surface area (Å²) in [5.74, 6) is 0.947. The first-order chi connectivity index (χ1) is 11.9. The molecule has 1 aliphatic carbocycles. The Kier molecular flexibility index (Phi) is 3.67. The molecular weight excluding hydrogens is 318 g/mol. The third-order valence-corrected chi connectivity index (χ3v) is 5.86. The van der Waals surface area contributed by atoms with Gasteiger partial charge >= 0.3 is 6.03 Å². The largest absolute Gasteiger partial charge is 0.497 e. The third kappa shape index (κ3) is 2.94. The van der Waals surface area contributed by atoms with E-state index in [1.807, 2.05) is 17.9 Å². The molecule has 4 rings (SSSR count). The quantitative estimate of drug-likeness (QED) is 0.881. The summed E-state index contributed by atoms with van der Waals surface area (Å²) >= 11 is 0. The standard InChI is InChI=1S/C19H25N3O3/c1-18(6-5-16(23)21-18)11-20-17(24)22-10-13-3-4-14(25-2)9-15(13)19(12-22)7-8-19/h3-4,9H,5-8,10-12H2,1-2H3,(H,20,24)(H,21,23). The van der Waals surface area contributed by atoms with E-state index in [9.17, 15) is 9.59 Å². The van der Waals surface area contributed by atoms with Gasteiger partial charge in [-0.2, -0.15) is 0 Å². The zero-order valence-corrected chi connectivity index (χ0v) is 14.9. The van der Waals surface area contributed by atoms with Gasteiger partial charge in [0.15, 0.2) is 0 Å². The smallest absolute Gasteiger partial charge is 0.317 e. The van der Waals surface area contributed by atoms with Crippen LogP contribution in [0.3, 0.4) is 0 Å². The molecule has 3 aliphatic rings. The molecule has 1 atom stereocenters. The SMILES string of the molecule is COc1ccc2c(c1)C1(CC1)CN(C(=O)NCC1(C)CCC(=O)N1)C2. The van der Waals surface area contributed by atoms with E-state index < -0.39 is 0 Å². The van der Waals surface area contributed by atoms with E-state index >= 15 is 0 Å². The summed E-state index contributed by atoms with van der Waals surface area (Å²) < 4.78 is 5.36. The van der Waals surface area contributed by atoms with Crippen LogP contribution in [0.4, 0.5) is 4.79 Å².